The van der Waals surface area contributed by atoms with Crippen LogP contribution in [0.25, 0.3) is 0 Å². The van der Waals surface area contributed by atoms with Crippen molar-refractivity contribution < 1.29 is 4.74 Å². The third-order valence-corrected chi connectivity index (χ3v) is 4.08. The molecule has 106 valence electrons. The molecule has 2 N–H and O–H groups in total. The lowest BCUT2D eigenvalue weighted by Gasteiger charge is -2.36. The molecule has 2 rings (SSSR count). The minimum Gasteiger partial charge on any atom is -0.496 e. The van der Waals surface area contributed by atoms with Gasteiger partial charge in [0.05, 0.1) is 7.11 Å². The van der Waals surface area contributed by atoms with Crippen molar-refractivity contribution in [3.8, 4) is 5.75 Å². The number of anilines is 1. The van der Waals surface area contributed by atoms with Gasteiger partial charge in [-0.3, -0.25) is 0 Å². The molecule has 0 bridgehead atoms. The predicted molar refractivity (Wildman–Crippen MR) is 81.1 cm³/mol. The maximum atomic E-state index is 5.85. The van der Waals surface area contributed by atoms with Gasteiger partial charge in [-0.15, -0.1) is 0 Å². The summed E-state index contributed by atoms with van der Waals surface area (Å²) in [5.41, 5.74) is 8.39. The Labute approximate surface area is 116 Å². The summed E-state index contributed by atoms with van der Waals surface area (Å²) in [5, 5.41) is 0. The van der Waals surface area contributed by atoms with Crippen LogP contribution in [0.5, 0.6) is 5.75 Å². The van der Waals surface area contributed by atoms with Gasteiger partial charge in [-0.2, -0.15) is 0 Å². The van der Waals surface area contributed by atoms with Crippen molar-refractivity contribution in [3.05, 3.63) is 23.8 Å². The van der Waals surface area contributed by atoms with Gasteiger partial charge < -0.3 is 15.4 Å². The Kier molecular flexibility index (Phi) is 4.35. The fourth-order valence-corrected chi connectivity index (χ4v) is 2.84. The standard InChI is InChI=1S/C16H26N2O/c1-11(2)15-9-14(5-6-16(15)19-4)18(3)10-12-7-13(17)8-12/h5-6,9,11-13H,7-8,10,17H2,1-4H3. The molecule has 3 nitrogen and oxygen atoms in total. The van der Waals surface area contributed by atoms with E-state index in [4.69, 9.17) is 10.5 Å². The highest BCUT2D eigenvalue weighted by molar-refractivity contribution is 5.53. The van der Waals surface area contributed by atoms with Crippen LogP contribution >= 0.6 is 0 Å². The van der Waals surface area contributed by atoms with Crippen LogP contribution in [-0.4, -0.2) is 26.7 Å². The Hall–Kier alpha value is -1.22. The van der Waals surface area contributed by atoms with Crippen molar-refractivity contribution in [2.24, 2.45) is 11.7 Å². The molecule has 0 unspecified atom stereocenters. The maximum Gasteiger partial charge on any atom is 0.122 e. The average molecular weight is 262 g/mol. The van der Waals surface area contributed by atoms with E-state index < -0.39 is 0 Å². The second kappa shape index (κ2) is 5.83. The molecule has 0 saturated heterocycles. The quantitative estimate of drug-likeness (QED) is 0.886. The van der Waals surface area contributed by atoms with E-state index >= 15 is 0 Å². The molecular weight excluding hydrogens is 236 g/mol. The van der Waals surface area contributed by atoms with Gasteiger partial charge in [0.1, 0.15) is 5.75 Å². The second-order valence-corrected chi connectivity index (χ2v) is 6.06. The van der Waals surface area contributed by atoms with E-state index in [-0.39, 0.29) is 0 Å². The zero-order valence-corrected chi connectivity index (χ0v) is 12.5. The zero-order chi connectivity index (χ0) is 14.0. The Morgan fingerprint density at radius 1 is 1.37 bits per heavy atom. The van der Waals surface area contributed by atoms with Crippen molar-refractivity contribution >= 4 is 5.69 Å². The number of hydrogen-bond acceptors (Lipinski definition) is 3. The van der Waals surface area contributed by atoms with Gasteiger partial charge in [-0.25, -0.2) is 0 Å². The van der Waals surface area contributed by atoms with Gasteiger partial charge in [0, 0.05) is 25.3 Å². The third kappa shape index (κ3) is 3.21. The maximum absolute atomic E-state index is 5.85. The Morgan fingerprint density at radius 2 is 2.05 bits per heavy atom. The van der Waals surface area contributed by atoms with Crippen molar-refractivity contribution in [2.45, 2.75) is 38.6 Å². The summed E-state index contributed by atoms with van der Waals surface area (Å²) < 4.78 is 5.43. The van der Waals surface area contributed by atoms with E-state index in [0.717, 1.165) is 31.1 Å². The molecule has 0 heterocycles. The van der Waals surface area contributed by atoms with E-state index in [1.807, 2.05) is 0 Å². The third-order valence-electron chi connectivity index (χ3n) is 4.08. The number of nitrogens with zero attached hydrogens (tertiary/aromatic N) is 1. The van der Waals surface area contributed by atoms with E-state index in [1.165, 1.54) is 11.3 Å². The van der Waals surface area contributed by atoms with Gasteiger partial charge in [-0.05, 0) is 48.4 Å². The first-order valence-corrected chi connectivity index (χ1v) is 7.16. The highest BCUT2D eigenvalue weighted by Crippen LogP contribution is 2.32. The minimum atomic E-state index is 0.431. The van der Waals surface area contributed by atoms with Crippen LogP contribution in [0.2, 0.25) is 0 Å². The average Bonchev–Trinajstić information content (AvgIpc) is 2.35. The first-order valence-electron chi connectivity index (χ1n) is 7.16. The molecule has 1 aliphatic carbocycles. The van der Waals surface area contributed by atoms with Crippen LogP contribution in [0.3, 0.4) is 0 Å². The van der Waals surface area contributed by atoms with Gasteiger partial charge in [0.15, 0.2) is 0 Å². The summed E-state index contributed by atoms with van der Waals surface area (Å²) in [5.74, 6) is 2.21. The van der Waals surface area contributed by atoms with Crippen LogP contribution in [0, 0.1) is 5.92 Å². The topological polar surface area (TPSA) is 38.5 Å². The Morgan fingerprint density at radius 3 is 2.58 bits per heavy atom. The number of methoxy groups -OCH3 is 1. The van der Waals surface area contributed by atoms with E-state index in [0.29, 0.717) is 12.0 Å². The van der Waals surface area contributed by atoms with Crippen LogP contribution in [-0.2, 0) is 0 Å². The summed E-state index contributed by atoms with van der Waals surface area (Å²) in [6.07, 6.45) is 2.33. The molecule has 1 aliphatic rings. The molecular formula is C16H26N2O. The summed E-state index contributed by atoms with van der Waals surface area (Å²) in [4.78, 5) is 2.34. The Bertz CT molecular complexity index is 425. The number of ether oxygens (including phenoxy) is 1. The van der Waals surface area contributed by atoms with Gasteiger partial charge in [-0.1, -0.05) is 13.8 Å². The smallest absolute Gasteiger partial charge is 0.122 e. The summed E-state index contributed by atoms with van der Waals surface area (Å²) in [7, 11) is 3.90. The fourth-order valence-electron chi connectivity index (χ4n) is 2.84. The molecule has 19 heavy (non-hydrogen) atoms. The lowest BCUT2D eigenvalue weighted by molar-refractivity contribution is 0.271. The molecule has 0 spiro atoms. The highest BCUT2D eigenvalue weighted by atomic mass is 16.5. The van der Waals surface area contributed by atoms with Crippen molar-refractivity contribution in [3.63, 3.8) is 0 Å². The zero-order valence-electron chi connectivity index (χ0n) is 12.5. The number of nitrogens with two attached hydrogens (primary N) is 1. The molecule has 1 aromatic rings. The molecule has 1 saturated carbocycles. The molecule has 0 amide bonds. The first-order chi connectivity index (χ1) is 9.01. The summed E-state index contributed by atoms with van der Waals surface area (Å²) in [6.45, 7) is 5.50. The highest BCUT2D eigenvalue weighted by Gasteiger charge is 2.27. The number of hydrogen-bond donors (Lipinski definition) is 1. The van der Waals surface area contributed by atoms with Gasteiger partial charge >= 0.3 is 0 Å². The predicted octanol–water partition coefficient (Wildman–Crippen LogP) is 2.99. The SMILES string of the molecule is COc1ccc(N(C)CC2CC(N)C2)cc1C(C)C. The molecule has 0 aromatic heterocycles. The number of benzene rings is 1. The van der Waals surface area contributed by atoms with Crippen LogP contribution < -0.4 is 15.4 Å². The largest absolute Gasteiger partial charge is 0.496 e. The van der Waals surface area contributed by atoms with Crippen LogP contribution in [0.1, 0.15) is 38.2 Å². The molecule has 0 atom stereocenters. The Balaban J connectivity index is 2.08. The van der Waals surface area contributed by atoms with Gasteiger partial charge in [0.2, 0.25) is 0 Å². The van der Waals surface area contributed by atoms with Crippen molar-refractivity contribution in [1.29, 1.82) is 0 Å². The second-order valence-electron chi connectivity index (χ2n) is 6.06. The van der Waals surface area contributed by atoms with E-state index in [2.05, 4.69) is 44.0 Å². The van der Waals surface area contributed by atoms with E-state index in [9.17, 15) is 0 Å². The fraction of sp³-hybridized carbons (Fsp3) is 0.625. The molecule has 1 aromatic carbocycles. The molecule has 3 heteroatoms. The lowest BCUT2D eigenvalue weighted by atomic mass is 9.80. The van der Waals surface area contributed by atoms with Gasteiger partial charge in [0.25, 0.3) is 0 Å². The van der Waals surface area contributed by atoms with E-state index in [1.54, 1.807) is 7.11 Å². The molecule has 0 aliphatic heterocycles. The van der Waals surface area contributed by atoms with Crippen molar-refractivity contribution in [1.82, 2.24) is 0 Å². The minimum absolute atomic E-state index is 0.431. The molecule has 1 fully saturated rings. The summed E-state index contributed by atoms with van der Waals surface area (Å²) in [6, 6.07) is 6.90. The first kappa shape index (κ1) is 14.2. The molecule has 0 radical (unpaired) electrons. The normalized spacial score (nSPS) is 22.2. The monoisotopic (exact) mass is 262 g/mol. The lowest BCUT2D eigenvalue weighted by Crippen LogP contribution is -2.41. The van der Waals surface area contributed by atoms with Crippen LogP contribution in [0.4, 0.5) is 5.69 Å². The number of rotatable bonds is 5. The van der Waals surface area contributed by atoms with Crippen LogP contribution in [0.15, 0.2) is 18.2 Å². The van der Waals surface area contributed by atoms with Crippen molar-refractivity contribution in [2.75, 3.05) is 25.6 Å². The summed E-state index contributed by atoms with van der Waals surface area (Å²) >= 11 is 0.